The van der Waals surface area contributed by atoms with Gasteiger partial charge in [-0.25, -0.2) is 4.79 Å². The predicted molar refractivity (Wildman–Crippen MR) is 52.3 cm³/mol. The monoisotopic (exact) mass is 218 g/mol. The van der Waals surface area contributed by atoms with Crippen LogP contribution in [0.5, 0.6) is 0 Å². The van der Waals surface area contributed by atoms with E-state index in [0.717, 1.165) is 0 Å². The number of hydrogen-bond donors (Lipinski definition) is 3. The zero-order chi connectivity index (χ0) is 11.7. The Hall–Kier alpha value is -0.650. The van der Waals surface area contributed by atoms with Crippen LogP contribution in [-0.4, -0.2) is 45.7 Å². The first-order valence-corrected chi connectivity index (χ1v) is 5.10. The topological polar surface area (TPSA) is 87.0 Å². The van der Waals surface area contributed by atoms with Crippen LogP contribution in [0.3, 0.4) is 0 Å². The maximum absolute atomic E-state index is 10.9. The molecule has 0 aromatic carbocycles. The van der Waals surface area contributed by atoms with Crippen LogP contribution < -0.4 is 0 Å². The molecule has 5 atom stereocenters. The van der Waals surface area contributed by atoms with E-state index in [1.165, 1.54) is 0 Å². The average Bonchev–Trinajstić information content (AvgIpc) is 2.13. The smallest absolute Gasteiger partial charge is 0.333 e. The first kappa shape index (κ1) is 12.4. The van der Waals surface area contributed by atoms with Crippen LogP contribution in [0.15, 0.2) is 0 Å². The lowest BCUT2D eigenvalue weighted by Crippen LogP contribution is -2.57. The summed E-state index contributed by atoms with van der Waals surface area (Å²) in [4.78, 5) is 10.9. The average molecular weight is 218 g/mol. The molecular formula is C10H18O5. The predicted octanol–water partition coefficient (Wildman–Crippen LogP) is -0.148. The quantitative estimate of drug-likeness (QED) is 0.600. The largest absolute Gasteiger partial charge is 0.479 e. The van der Waals surface area contributed by atoms with E-state index >= 15 is 0 Å². The summed E-state index contributed by atoms with van der Waals surface area (Å²) in [6.07, 6.45) is -3.74. The van der Waals surface area contributed by atoms with Gasteiger partial charge < -0.3 is 20.1 Å². The number of carbonyl (C=O) groups is 1. The Kier molecular flexibility index (Phi) is 3.70. The van der Waals surface area contributed by atoms with Crippen molar-refractivity contribution >= 4 is 5.97 Å². The van der Waals surface area contributed by atoms with Gasteiger partial charge in [-0.05, 0) is 5.92 Å². The van der Waals surface area contributed by atoms with E-state index in [1.807, 2.05) is 13.8 Å². The molecule has 0 saturated carbocycles. The van der Waals surface area contributed by atoms with Crippen LogP contribution in [0.2, 0.25) is 0 Å². The van der Waals surface area contributed by atoms with Crippen molar-refractivity contribution < 1.29 is 24.9 Å². The SMILES string of the molecule is CC(C)[C@@H]1O[C@H](C(=O)O)[C@@H](C)[C@H](O)[C@H]1O. The van der Waals surface area contributed by atoms with Gasteiger partial charge in [0.25, 0.3) is 0 Å². The number of hydrogen-bond acceptors (Lipinski definition) is 4. The van der Waals surface area contributed by atoms with Crippen molar-refractivity contribution in [3.8, 4) is 0 Å². The molecule has 1 fully saturated rings. The highest BCUT2D eigenvalue weighted by Gasteiger charge is 2.45. The van der Waals surface area contributed by atoms with E-state index < -0.39 is 36.3 Å². The molecule has 1 aliphatic heterocycles. The van der Waals surface area contributed by atoms with Crippen molar-refractivity contribution in [1.29, 1.82) is 0 Å². The lowest BCUT2D eigenvalue weighted by molar-refractivity contribution is -0.216. The second kappa shape index (κ2) is 4.47. The maximum atomic E-state index is 10.9. The molecule has 0 aromatic rings. The molecule has 0 aliphatic carbocycles. The second-order valence-electron chi connectivity index (χ2n) is 4.44. The lowest BCUT2D eigenvalue weighted by Gasteiger charge is -2.41. The highest BCUT2D eigenvalue weighted by atomic mass is 16.5. The first-order valence-electron chi connectivity index (χ1n) is 5.10. The van der Waals surface area contributed by atoms with Crippen LogP contribution in [-0.2, 0) is 9.53 Å². The molecule has 0 radical (unpaired) electrons. The molecule has 0 spiro atoms. The highest BCUT2D eigenvalue weighted by Crippen LogP contribution is 2.29. The molecule has 1 rings (SSSR count). The second-order valence-corrected chi connectivity index (χ2v) is 4.44. The van der Waals surface area contributed by atoms with Gasteiger partial charge in [0.15, 0.2) is 6.10 Å². The summed E-state index contributed by atoms with van der Waals surface area (Å²) in [5.41, 5.74) is 0. The minimum atomic E-state index is -1.10. The third kappa shape index (κ3) is 2.30. The third-order valence-electron chi connectivity index (χ3n) is 2.91. The van der Waals surface area contributed by atoms with Gasteiger partial charge in [-0.1, -0.05) is 20.8 Å². The molecule has 0 unspecified atom stereocenters. The van der Waals surface area contributed by atoms with Crippen molar-refractivity contribution in [2.24, 2.45) is 11.8 Å². The molecule has 15 heavy (non-hydrogen) atoms. The summed E-state index contributed by atoms with van der Waals surface area (Å²) in [7, 11) is 0. The van der Waals surface area contributed by atoms with Gasteiger partial charge in [-0.2, -0.15) is 0 Å². The van der Waals surface area contributed by atoms with Crippen LogP contribution in [0, 0.1) is 11.8 Å². The zero-order valence-corrected chi connectivity index (χ0v) is 9.12. The third-order valence-corrected chi connectivity index (χ3v) is 2.91. The molecule has 0 bridgehead atoms. The molecule has 3 N–H and O–H groups in total. The molecule has 0 aromatic heterocycles. The Morgan fingerprint density at radius 2 is 1.80 bits per heavy atom. The Labute approximate surface area is 88.7 Å². The van der Waals surface area contributed by atoms with Crippen LogP contribution in [0.4, 0.5) is 0 Å². The minimum absolute atomic E-state index is 0.0380. The van der Waals surface area contributed by atoms with E-state index in [9.17, 15) is 15.0 Å². The summed E-state index contributed by atoms with van der Waals surface area (Å²) >= 11 is 0. The Morgan fingerprint density at radius 1 is 1.27 bits per heavy atom. The van der Waals surface area contributed by atoms with Gasteiger partial charge in [0, 0.05) is 5.92 Å². The van der Waals surface area contributed by atoms with Crippen LogP contribution in [0.1, 0.15) is 20.8 Å². The van der Waals surface area contributed by atoms with E-state index in [1.54, 1.807) is 6.92 Å². The molecule has 1 saturated heterocycles. The number of rotatable bonds is 2. The molecule has 5 nitrogen and oxygen atoms in total. The van der Waals surface area contributed by atoms with Gasteiger partial charge in [-0.15, -0.1) is 0 Å². The zero-order valence-electron chi connectivity index (χ0n) is 9.12. The number of aliphatic hydroxyl groups excluding tert-OH is 2. The van der Waals surface area contributed by atoms with Crippen molar-refractivity contribution in [2.75, 3.05) is 0 Å². The molecule has 0 amide bonds. The van der Waals surface area contributed by atoms with Crippen LogP contribution in [0.25, 0.3) is 0 Å². The van der Waals surface area contributed by atoms with E-state index in [0.29, 0.717) is 0 Å². The van der Waals surface area contributed by atoms with Gasteiger partial charge >= 0.3 is 5.97 Å². The Bertz CT molecular complexity index is 240. The number of aliphatic carboxylic acids is 1. The van der Waals surface area contributed by atoms with E-state index in [-0.39, 0.29) is 5.92 Å². The maximum Gasteiger partial charge on any atom is 0.333 e. The molecule has 1 aliphatic rings. The lowest BCUT2D eigenvalue weighted by atomic mass is 9.84. The van der Waals surface area contributed by atoms with Gasteiger partial charge in [-0.3, -0.25) is 0 Å². The number of aliphatic hydroxyl groups is 2. The fourth-order valence-electron chi connectivity index (χ4n) is 1.89. The fraction of sp³-hybridized carbons (Fsp3) is 0.900. The van der Waals surface area contributed by atoms with Crippen molar-refractivity contribution in [1.82, 2.24) is 0 Å². The molecule has 5 heteroatoms. The Balaban J connectivity index is 2.85. The van der Waals surface area contributed by atoms with E-state index in [4.69, 9.17) is 9.84 Å². The number of carboxylic acids is 1. The first-order chi connectivity index (χ1) is 6.86. The molecular weight excluding hydrogens is 200 g/mol. The van der Waals surface area contributed by atoms with Gasteiger partial charge in [0.05, 0.1) is 12.2 Å². The van der Waals surface area contributed by atoms with Gasteiger partial charge in [0.1, 0.15) is 6.10 Å². The van der Waals surface area contributed by atoms with Crippen molar-refractivity contribution in [3.05, 3.63) is 0 Å². The summed E-state index contributed by atoms with van der Waals surface area (Å²) < 4.78 is 5.29. The van der Waals surface area contributed by atoms with E-state index in [2.05, 4.69) is 0 Å². The molecule has 88 valence electrons. The van der Waals surface area contributed by atoms with Crippen molar-refractivity contribution in [3.63, 3.8) is 0 Å². The van der Waals surface area contributed by atoms with Gasteiger partial charge in [0.2, 0.25) is 0 Å². The normalized spacial score (nSPS) is 41.9. The summed E-state index contributed by atoms with van der Waals surface area (Å²) in [5, 5.41) is 28.3. The number of carboxylic acid groups (broad SMARTS) is 1. The molecule has 1 heterocycles. The summed E-state index contributed by atoms with van der Waals surface area (Å²) in [6.45, 7) is 5.19. The Morgan fingerprint density at radius 3 is 2.20 bits per heavy atom. The van der Waals surface area contributed by atoms with Crippen LogP contribution >= 0.6 is 0 Å². The number of ether oxygens (including phenoxy) is 1. The van der Waals surface area contributed by atoms with Crippen molar-refractivity contribution in [2.45, 2.75) is 45.2 Å². The minimum Gasteiger partial charge on any atom is -0.479 e. The fourth-order valence-corrected chi connectivity index (χ4v) is 1.89. The standard InChI is InChI=1S/C10H18O5/c1-4(2)8-7(12)6(11)5(3)9(15-8)10(13)14/h4-9,11-12H,1-3H3,(H,13,14)/t5-,6-,7+,8-,9-/m0/s1. The highest BCUT2D eigenvalue weighted by molar-refractivity contribution is 5.73. The summed E-state index contributed by atoms with van der Waals surface area (Å²) in [6, 6.07) is 0. The summed E-state index contributed by atoms with van der Waals surface area (Å²) in [5.74, 6) is -1.74.